The minimum absolute atomic E-state index is 0.115. The van der Waals surface area contributed by atoms with Gasteiger partial charge >= 0.3 is 0 Å². The molecule has 1 aromatic rings. The van der Waals surface area contributed by atoms with Crippen LogP contribution in [0.3, 0.4) is 0 Å². The van der Waals surface area contributed by atoms with E-state index in [1.165, 1.54) is 32.1 Å². The third-order valence-electron chi connectivity index (χ3n) is 3.51. The molecule has 1 saturated heterocycles. The second-order valence-corrected chi connectivity index (χ2v) is 5.93. The van der Waals surface area contributed by atoms with E-state index in [1.54, 1.807) is 17.5 Å². The predicted octanol–water partition coefficient (Wildman–Crippen LogP) is 3.04. The Morgan fingerprint density at radius 2 is 2.35 bits per heavy atom. The molecule has 0 spiro atoms. The number of rotatable bonds is 4. The van der Waals surface area contributed by atoms with Crippen LogP contribution < -0.4 is 4.90 Å². The molecule has 2 rings (SSSR count). The number of thiazole rings is 1. The van der Waals surface area contributed by atoms with E-state index in [-0.39, 0.29) is 6.61 Å². The number of aliphatic hydroxyl groups is 1. The molecule has 1 unspecified atom stereocenters. The van der Waals surface area contributed by atoms with Crippen LogP contribution in [0.1, 0.15) is 43.9 Å². The molecule has 1 fully saturated rings. The van der Waals surface area contributed by atoms with Crippen molar-refractivity contribution >= 4 is 16.5 Å². The van der Waals surface area contributed by atoms with E-state index >= 15 is 0 Å². The first-order valence-corrected chi connectivity index (χ1v) is 7.45. The van der Waals surface area contributed by atoms with Crippen molar-refractivity contribution in [2.75, 3.05) is 18.0 Å². The van der Waals surface area contributed by atoms with E-state index in [0.717, 1.165) is 29.0 Å². The van der Waals surface area contributed by atoms with Gasteiger partial charge in [-0.25, -0.2) is 4.98 Å². The van der Waals surface area contributed by atoms with E-state index < -0.39 is 0 Å². The lowest BCUT2D eigenvalue weighted by Crippen LogP contribution is -2.23. The molecule has 0 aliphatic carbocycles. The lowest BCUT2D eigenvalue weighted by molar-refractivity contribution is 0.285. The molecule has 1 aromatic heterocycles. The maximum Gasteiger partial charge on any atom is 0.185 e. The summed E-state index contributed by atoms with van der Waals surface area (Å²) in [6, 6.07) is 0. The summed E-state index contributed by atoms with van der Waals surface area (Å²) in [5.41, 5.74) is 0. The van der Waals surface area contributed by atoms with E-state index in [4.69, 9.17) is 5.11 Å². The van der Waals surface area contributed by atoms with Gasteiger partial charge in [0.2, 0.25) is 0 Å². The lowest BCUT2D eigenvalue weighted by atomic mass is 9.96. The Balaban J connectivity index is 1.93. The first-order chi connectivity index (χ1) is 8.33. The lowest BCUT2D eigenvalue weighted by Gasteiger charge is -2.19. The van der Waals surface area contributed by atoms with Crippen molar-refractivity contribution in [2.24, 2.45) is 5.92 Å². The van der Waals surface area contributed by atoms with Crippen LogP contribution in [0.4, 0.5) is 5.13 Å². The summed E-state index contributed by atoms with van der Waals surface area (Å²) in [7, 11) is 0. The molecule has 0 radical (unpaired) electrons. The normalized spacial score (nSPS) is 21.5. The van der Waals surface area contributed by atoms with Crippen LogP contribution in [0.5, 0.6) is 0 Å². The van der Waals surface area contributed by atoms with Crippen molar-refractivity contribution in [1.82, 2.24) is 4.98 Å². The summed E-state index contributed by atoms with van der Waals surface area (Å²) < 4.78 is 0. The van der Waals surface area contributed by atoms with Crippen molar-refractivity contribution < 1.29 is 5.11 Å². The summed E-state index contributed by atoms with van der Waals surface area (Å²) in [5.74, 6) is 0.905. The van der Waals surface area contributed by atoms with Gasteiger partial charge in [0.1, 0.15) is 0 Å². The highest BCUT2D eigenvalue weighted by atomic mass is 32.1. The van der Waals surface area contributed by atoms with Gasteiger partial charge in [-0.2, -0.15) is 0 Å². The largest absolute Gasteiger partial charge is 0.391 e. The second-order valence-electron chi connectivity index (χ2n) is 4.84. The predicted molar refractivity (Wildman–Crippen MR) is 72.5 cm³/mol. The highest BCUT2D eigenvalue weighted by Gasteiger charge is 2.18. The van der Waals surface area contributed by atoms with Crippen LogP contribution in [-0.2, 0) is 6.61 Å². The average molecular weight is 254 g/mol. The quantitative estimate of drug-likeness (QED) is 0.897. The summed E-state index contributed by atoms with van der Waals surface area (Å²) in [6.45, 7) is 4.64. The van der Waals surface area contributed by atoms with E-state index in [9.17, 15) is 0 Å². The second kappa shape index (κ2) is 6.36. The van der Waals surface area contributed by atoms with Crippen LogP contribution in [0.2, 0.25) is 0 Å². The third kappa shape index (κ3) is 3.42. The molecule has 3 nitrogen and oxygen atoms in total. The number of aromatic nitrogens is 1. The Hall–Kier alpha value is -0.610. The van der Waals surface area contributed by atoms with Crippen molar-refractivity contribution in [3.63, 3.8) is 0 Å². The number of aliphatic hydroxyl groups excluding tert-OH is 1. The Morgan fingerprint density at radius 1 is 1.47 bits per heavy atom. The zero-order valence-corrected chi connectivity index (χ0v) is 11.4. The minimum Gasteiger partial charge on any atom is -0.391 e. The Morgan fingerprint density at radius 3 is 3.06 bits per heavy atom. The van der Waals surface area contributed by atoms with Gasteiger partial charge in [-0.1, -0.05) is 31.1 Å². The van der Waals surface area contributed by atoms with Gasteiger partial charge in [0.25, 0.3) is 0 Å². The van der Waals surface area contributed by atoms with E-state index in [2.05, 4.69) is 16.8 Å². The molecule has 1 aliphatic heterocycles. The standard InChI is InChI=1S/C13H22N2OS/c1-2-4-11-5-3-7-15(8-6-11)13-14-9-12(10-16)17-13/h9,11,16H,2-8,10H2,1H3. The van der Waals surface area contributed by atoms with Crippen LogP contribution >= 0.6 is 11.3 Å². The van der Waals surface area contributed by atoms with Crippen LogP contribution in [0.15, 0.2) is 6.20 Å². The first kappa shape index (κ1) is 12.8. The van der Waals surface area contributed by atoms with E-state index in [0.29, 0.717) is 0 Å². The molecule has 2 heterocycles. The number of nitrogens with zero attached hydrogens (tertiary/aromatic N) is 2. The molecule has 1 N–H and O–H groups in total. The van der Waals surface area contributed by atoms with Gasteiger partial charge in [0.15, 0.2) is 5.13 Å². The third-order valence-corrected chi connectivity index (χ3v) is 4.56. The summed E-state index contributed by atoms with van der Waals surface area (Å²) in [5, 5.41) is 10.2. The minimum atomic E-state index is 0.115. The van der Waals surface area contributed by atoms with Crippen LogP contribution in [0, 0.1) is 5.92 Å². The number of hydrogen-bond acceptors (Lipinski definition) is 4. The zero-order valence-electron chi connectivity index (χ0n) is 10.6. The van der Waals surface area contributed by atoms with Crippen molar-refractivity contribution in [2.45, 2.75) is 45.6 Å². The van der Waals surface area contributed by atoms with Crippen LogP contribution in [0.25, 0.3) is 0 Å². The summed E-state index contributed by atoms with van der Waals surface area (Å²) in [6.07, 6.45) is 8.40. The maximum absolute atomic E-state index is 9.07. The highest BCUT2D eigenvalue weighted by Crippen LogP contribution is 2.28. The molecular formula is C13H22N2OS. The number of hydrogen-bond donors (Lipinski definition) is 1. The maximum atomic E-state index is 9.07. The number of anilines is 1. The molecule has 0 bridgehead atoms. The fourth-order valence-electron chi connectivity index (χ4n) is 2.57. The van der Waals surface area contributed by atoms with Gasteiger partial charge < -0.3 is 10.0 Å². The summed E-state index contributed by atoms with van der Waals surface area (Å²) >= 11 is 1.63. The Bertz CT molecular complexity index is 340. The molecule has 0 aromatic carbocycles. The molecular weight excluding hydrogens is 232 g/mol. The van der Waals surface area contributed by atoms with Gasteiger partial charge in [-0.15, -0.1) is 0 Å². The first-order valence-electron chi connectivity index (χ1n) is 6.64. The smallest absolute Gasteiger partial charge is 0.185 e. The fourth-order valence-corrected chi connectivity index (χ4v) is 3.39. The van der Waals surface area contributed by atoms with Crippen molar-refractivity contribution in [3.8, 4) is 0 Å². The molecule has 4 heteroatoms. The van der Waals surface area contributed by atoms with Gasteiger partial charge in [0.05, 0.1) is 11.5 Å². The van der Waals surface area contributed by atoms with Crippen molar-refractivity contribution in [3.05, 3.63) is 11.1 Å². The molecule has 0 saturated carbocycles. The Labute approximate surface area is 107 Å². The monoisotopic (exact) mass is 254 g/mol. The molecule has 1 aliphatic rings. The van der Waals surface area contributed by atoms with Gasteiger partial charge in [-0.05, 0) is 25.2 Å². The highest BCUT2D eigenvalue weighted by molar-refractivity contribution is 7.15. The average Bonchev–Trinajstić information content (AvgIpc) is 2.70. The Kier molecular flexibility index (Phi) is 4.80. The van der Waals surface area contributed by atoms with Crippen molar-refractivity contribution in [1.29, 1.82) is 0 Å². The summed E-state index contributed by atoms with van der Waals surface area (Å²) in [4.78, 5) is 7.76. The van der Waals surface area contributed by atoms with Gasteiger partial charge in [0, 0.05) is 19.3 Å². The topological polar surface area (TPSA) is 36.4 Å². The van der Waals surface area contributed by atoms with Crippen LogP contribution in [-0.4, -0.2) is 23.2 Å². The molecule has 96 valence electrons. The molecule has 0 amide bonds. The fraction of sp³-hybridized carbons (Fsp3) is 0.769. The zero-order chi connectivity index (χ0) is 12.1. The molecule has 1 atom stereocenters. The SMILES string of the molecule is CCCC1CCCN(c2ncc(CO)s2)CC1. The molecule has 17 heavy (non-hydrogen) atoms. The van der Waals surface area contributed by atoms with E-state index in [1.807, 2.05) is 0 Å². The van der Waals surface area contributed by atoms with Gasteiger partial charge in [-0.3, -0.25) is 0 Å².